The van der Waals surface area contributed by atoms with E-state index in [1.807, 2.05) is 0 Å². The highest BCUT2D eigenvalue weighted by atomic mass is 35.5. The van der Waals surface area contributed by atoms with E-state index in [1.165, 1.54) is 0 Å². The molecule has 0 aliphatic heterocycles. The van der Waals surface area contributed by atoms with E-state index in [0.29, 0.717) is 0 Å². The van der Waals surface area contributed by atoms with Gasteiger partial charge in [-0.15, -0.1) is 0 Å². The van der Waals surface area contributed by atoms with Gasteiger partial charge in [-0.25, -0.2) is 4.98 Å². The van der Waals surface area contributed by atoms with E-state index in [0.717, 1.165) is 24.7 Å². The molecule has 2 rings (SSSR count). The van der Waals surface area contributed by atoms with Gasteiger partial charge in [0.05, 0.1) is 19.5 Å². The van der Waals surface area contributed by atoms with Crippen LogP contribution >= 0.6 is 11.6 Å². The molecule has 0 radical (unpaired) electrons. The molecule has 2 aromatic rings. The molecular weight excluding hydrogens is 338 g/mol. The average molecular weight is 360 g/mol. The molecule has 0 unspecified atom stereocenters. The number of fused-ring (bicyclic) bond motifs is 1. The number of nitrogens with two attached hydrogens (primary N) is 1. The number of rotatable bonds is 7. The summed E-state index contributed by atoms with van der Waals surface area (Å²) in [4.78, 5) is 33.8. The molecule has 0 aliphatic carbocycles. The van der Waals surface area contributed by atoms with E-state index in [-0.39, 0.29) is 22.3 Å². The fraction of sp³-hybridized carbons (Fsp3) is 0.500. The summed E-state index contributed by atoms with van der Waals surface area (Å²) < 4.78 is 44.1. The second-order valence-electron chi connectivity index (χ2n) is 4.72. The van der Waals surface area contributed by atoms with E-state index >= 15 is 0 Å². The quantitative estimate of drug-likeness (QED) is 0.577. The first kappa shape index (κ1) is 12.9. The van der Waals surface area contributed by atoms with Gasteiger partial charge in [0.2, 0.25) is 5.95 Å². The second kappa shape index (κ2) is 7.91. The summed E-state index contributed by atoms with van der Waals surface area (Å²) in [6.45, 7) is -1.55. The molecule has 0 saturated heterocycles. The zero-order valence-corrected chi connectivity index (χ0v) is 13.7. The minimum atomic E-state index is -2.77. The molecular formula is C14H18ClN5O4. The van der Waals surface area contributed by atoms with E-state index in [2.05, 4.69) is 15.0 Å². The summed E-state index contributed by atoms with van der Waals surface area (Å²) >= 11 is 5.93. The van der Waals surface area contributed by atoms with Gasteiger partial charge in [-0.2, -0.15) is 9.97 Å². The summed E-state index contributed by atoms with van der Waals surface area (Å²) in [5, 5.41) is -0.117. The van der Waals surface area contributed by atoms with Crippen molar-refractivity contribution in [2.24, 2.45) is 5.92 Å². The maximum Gasteiger partial charge on any atom is 0.302 e. The van der Waals surface area contributed by atoms with Crippen molar-refractivity contribution in [1.29, 1.82) is 0 Å². The van der Waals surface area contributed by atoms with Crippen molar-refractivity contribution >= 4 is 40.7 Å². The summed E-state index contributed by atoms with van der Waals surface area (Å²) in [5.74, 6) is -2.96. The SMILES string of the molecule is [2H]C([2H])(C(COC(C)=O)COC(C)=O)C([2H])([2H])n1cnc2c(Cl)nc(N)nc21. The minimum Gasteiger partial charge on any atom is -0.465 e. The van der Waals surface area contributed by atoms with Crippen LogP contribution < -0.4 is 5.73 Å². The van der Waals surface area contributed by atoms with Gasteiger partial charge in [-0.3, -0.25) is 9.59 Å². The maximum atomic E-state index is 11.1. The van der Waals surface area contributed by atoms with Crippen LogP contribution in [0.25, 0.3) is 11.2 Å². The third-order valence-corrected chi connectivity index (χ3v) is 3.00. The number of esters is 2. The summed E-state index contributed by atoms with van der Waals surface area (Å²) in [7, 11) is 0. The molecule has 0 aliphatic rings. The molecule has 0 saturated carbocycles. The Morgan fingerprint density at radius 3 is 2.54 bits per heavy atom. The Balaban J connectivity index is 2.49. The van der Waals surface area contributed by atoms with Crippen LogP contribution in [0, 0.1) is 5.92 Å². The molecule has 0 aromatic carbocycles. The number of nitrogens with zero attached hydrogens (tertiary/aromatic N) is 4. The van der Waals surface area contributed by atoms with Gasteiger partial charge >= 0.3 is 11.9 Å². The van der Waals surface area contributed by atoms with Gasteiger partial charge in [0.25, 0.3) is 0 Å². The molecule has 10 heteroatoms. The number of anilines is 1. The number of nitrogen functional groups attached to an aromatic ring is 1. The lowest BCUT2D eigenvalue weighted by Gasteiger charge is -2.16. The van der Waals surface area contributed by atoms with Crippen LogP contribution in [-0.4, -0.2) is 44.7 Å². The first-order valence-corrected chi connectivity index (χ1v) is 7.19. The largest absolute Gasteiger partial charge is 0.465 e. The number of carbonyl (C=O) groups excluding carboxylic acids is 2. The third kappa shape index (κ3) is 4.79. The van der Waals surface area contributed by atoms with Crippen LogP contribution in [0.15, 0.2) is 6.33 Å². The van der Waals surface area contributed by atoms with Crippen LogP contribution in [-0.2, 0) is 25.6 Å². The van der Waals surface area contributed by atoms with Crippen LogP contribution in [0.1, 0.15) is 25.7 Å². The summed E-state index contributed by atoms with van der Waals surface area (Å²) in [6, 6.07) is 0. The zero-order chi connectivity index (χ0) is 21.3. The topological polar surface area (TPSA) is 122 Å². The molecule has 0 amide bonds. The molecule has 0 atom stereocenters. The number of ether oxygens (including phenoxy) is 2. The van der Waals surface area contributed by atoms with E-state index in [1.54, 1.807) is 0 Å². The van der Waals surface area contributed by atoms with Crippen molar-refractivity contribution < 1.29 is 24.5 Å². The highest BCUT2D eigenvalue weighted by molar-refractivity contribution is 6.33. The van der Waals surface area contributed by atoms with Gasteiger partial charge in [-0.1, -0.05) is 11.6 Å². The van der Waals surface area contributed by atoms with Crippen molar-refractivity contribution in [3.8, 4) is 0 Å². The number of aryl methyl sites for hydroxylation is 1. The highest BCUT2D eigenvalue weighted by Gasteiger charge is 2.15. The Kier molecular flexibility index (Phi) is 4.26. The number of aromatic nitrogens is 4. The monoisotopic (exact) mass is 359 g/mol. The number of imidazole rings is 1. The maximum absolute atomic E-state index is 11.1. The first-order valence-electron chi connectivity index (χ1n) is 8.81. The number of hydrogen-bond donors (Lipinski definition) is 1. The summed E-state index contributed by atoms with van der Waals surface area (Å²) in [6.07, 6.45) is -1.69. The Labute approximate surface area is 148 Å². The molecule has 0 fully saturated rings. The van der Waals surface area contributed by atoms with Crippen molar-refractivity contribution in [2.75, 3.05) is 18.9 Å². The van der Waals surface area contributed by atoms with Crippen molar-refractivity contribution in [3.05, 3.63) is 11.5 Å². The van der Waals surface area contributed by atoms with Crippen LogP contribution in [0.4, 0.5) is 5.95 Å². The number of halogens is 1. The zero-order valence-electron chi connectivity index (χ0n) is 16.9. The number of hydrogen-bond acceptors (Lipinski definition) is 8. The molecule has 2 heterocycles. The standard InChI is InChI=1S/C14H18ClN5O4/c1-8(21)23-5-10(6-24-9(2)22)3-4-20-7-17-11-12(15)18-14(16)19-13(11)20/h7,10H,3-6H2,1-2H3,(H2,16,18,19)/i3D2,4D2. The van der Waals surface area contributed by atoms with Crippen LogP contribution in [0.3, 0.4) is 0 Å². The van der Waals surface area contributed by atoms with Crippen molar-refractivity contribution in [3.63, 3.8) is 0 Å². The lowest BCUT2D eigenvalue weighted by Crippen LogP contribution is -2.21. The average Bonchev–Trinajstić information content (AvgIpc) is 2.98. The van der Waals surface area contributed by atoms with Crippen molar-refractivity contribution in [2.45, 2.75) is 26.7 Å². The summed E-state index contributed by atoms with van der Waals surface area (Å²) in [5.41, 5.74) is 5.46. The van der Waals surface area contributed by atoms with Gasteiger partial charge in [0.1, 0.15) is 5.52 Å². The van der Waals surface area contributed by atoms with E-state index in [9.17, 15) is 9.59 Å². The molecule has 130 valence electrons. The fourth-order valence-corrected chi connectivity index (χ4v) is 1.91. The van der Waals surface area contributed by atoms with E-state index < -0.39 is 43.9 Å². The Bertz CT molecular complexity index is 889. The molecule has 0 bridgehead atoms. The Morgan fingerprint density at radius 2 is 1.96 bits per heavy atom. The van der Waals surface area contributed by atoms with Gasteiger partial charge in [0.15, 0.2) is 10.8 Å². The van der Waals surface area contributed by atoms with E-state index in [4.69, 9.17) is 32.3 Å². The smallest absolute Gasteiger partial charge is 0.302 e. The van der Waals surface area contributed by atoms with Crippen LogP contribution in [0.2, 0.25) is 5.15 Å². The highest BCUT2D eigenvalue weighted by Crippen LogP contribution is 2.20. The Morgan fingerprint density at radius 1 is 1.33 bits per heavy atom. The van der Waals surface area contributed by atoms with Gasteiger partial charge in [0, 0.05) is 31.7 Å². The first-order chi connectivity index (χ1) is 12.9. The molecule has 2 N–H and O–H groups in total. The van der Waals surface area contributed by atoms with Gasteiger partial charge in [-0.05, 0) is 6.37 Å². The molecule has 24 heavy (non-hydrogen) atoms. The Hall–Kier alpha value is -2.42. The molecule has 9 nitrogen and oxygen atoms in total. The minimum absolute atomic E-state index is 0.0343. The van der Waals surface area contributed by atoms with Gasteiger partial charge < -0.3 is 19.8 Å². The normalized spacial score (nSPS) is 14.7. The fourth-order valence-electron chi connectivity index (χ4n) is 1.69. The predicted molar refractivity (Wildman–Crippen MR) is 86.1 cm³/mol. The molecule has 2 aromatic heterocycles. The number of carbonyl (C=O) groups is 2. The van der Waals surface area contributed by atoms with Crippen LogP contribution in [0.5, 0.6) is 0 Å². The lowest BCUT2D eigenvalue weighted by molar-refractivity contribution is -0.146. The third-order valence-electron chi connectivity index (χ3n) is 2.74. The van der Waals surface area contributed by atoms with Crippen molar-refractivity contribution in [1.82, 2.24) is 19.5 Å². The second-order valence-corrected chi connectivity index (χ2v) is 5.08. The lowest BCUT2D eigenvalue weighted by atomic mass is 10.1. The molecule has 0 spiro atoms. The predicted octanol–water partition coefficient (Wildman–Crippen LogP) is 1.19.